The molecule has 7 heteroatoms. The van der Waals surface area contributed by atoms with Crippen molar-refractivity contribution in [3.05, 3.63) is 34.1 Å². The highest BCUT2D eigenvalue weighted by molar-refractivity contribution is 7.99. The van der Waals surface area contributed by atoms with E-state index in [4.69, 9.17) is 16.3 Å². The number of hydrogen-bond donors (Lipinski definition) is 2. The third kappa shape index (κ3) is 5.63. The van der Waals surface area contributed by atoms with Gasteiger partial charge in [-0.05, 0) is 36.1 Å². The van der Waals surface area contributed by atoms with Gasteiger partial charge in [-0.3, -0.25) is 5.10 Å². The summed E-state index contributed by atoms with van der Waals surface area (Å²) in [6.45, 7) is 12.6. The van der Waals surface area contributed by atoms with E-state index in [2.05, 4.69) is 49.8 Å². The van der Waals surface area contributed by atoms with Crippen LogP contribution in [0.2, 0.25) is 5.02 Å². The van der Waals surface area contributed by atoms with Crippen molar-refractivity contribution in [2.24, 2.45) is 0 Å². The molecule has 0 saturated carbocycles. The fourth-order valence-electron chi connectivity index (χ4n) is 2.30. The molecular formula is C19H28ClN3O2S. The highest BCUT2D eigenvalue weighted by atomic mass is 35.5. The minimum Gasteiger partial charge on any atom is -0.491 e. The predicted octanol–water partition coefficient (Wildman–Crippen LogP) is 4.72. The smallest absolute Gasteiger partial charge is 0.208 e. The molecule has 1 aromatic heterocycles. The van der Waals surface area contributed by atoms with Crippen LogP contribution in [0.3, 0.4) is 0 Å². The van der Waals surface area contributed by atoms with Crippen molar-refractivity contribution >= 4 is 23.4 Å². The van der Waals surface area contributed by atoms with Gasteiger partial charge in [-0.25, -0.2) is 4.98 Å². The molecule has 0 bridgehead atoms. The lowest BCUT2D eigenvalue weighted by Crippen LogP contribution is -2.20. The molecule has 0 saturated heterocycles. The molecule has 2 rings (SSSR count). The third-order valence-corrected chi connectivity index (χ3v) is 5.32. The van der Waals surface area contributed by atoms with Crippen LogP contribution in [-0.2, 0) is 5.41 Å². The van der Waals surface area contributed by atoms with Gasteiger partial charge in [0.1, 0.15) is 18.2 Å². The summed E-state index contributed by atoms with van der Waals surface area (Å²) in [4.78, 5) is 4.46. The minimum absolute atomic E-state index is 0.0762. The number of halogens is 1. The van der Waals surface area contributed by atoms with Crippen molar-refractivity contribution in [1.29, 1.82) is 0 Å². The van der Waals surface area contributed by atoms with Crippen molar-refractivity contribution in [3.63, 3.8) is 0 Å². The van der Waals surface area contributed by atoms with E-state index < -0.39 is 6.10 Å². The van der Waals surface area contributed by atoms with Gasteiger partial charge in [-0.2, -0.15) is 0 Å². The average molecular weight is 398 g/mol. The summed E-state index contributed by atoms with van der Waals surface area (Å²) in [5.74, 6) is 2.37. The number of rotatable bonds is 7. The molecule has 0 aliphatic carbocycles. The zero-order valence-electron chi connectivity index (χ0n) is 16.3. The Morgan fingerprint density at radius 3 is 2.58 bits per heavy atom. The number of H-pyrrole nitrogens is 1. The van der Waals surface area contributed by atoms with Gasteiger partial charge in [-0.1, -0.05) is 58.0 Å². The number of aromatic amines is 1. The molecule has 1 aromatic carbocycles. The van der Waals surface area contributed by atoms with Crippen molar-refractivity contribution in [1.82, 2.24) is 15.2 Å². The van der Waals surface area contributed by atoms with E-state index in [0.717, 1.165) is 27.7 Å². The van der Waals surface area contributed by atoms with Gasteiger partial charge in [0.2, 0.25) is 5.16 Å². The van der Waals surface area contributed by atoms with Gasteiger partial charge in [0.25, 0.3) is 0 Å². The molecule has 0 radical (unpaired) electrons. The molecule has 1 heterocycles. The maximum Gasteiger partial charge on any atom is 0.208 e. The SMILES string of the molecule is Cc1cc(OCC(O)CSc2n[nH]c(C(C)(C)C)n2)c(C(C)C)cc1Cl. The normalized spacial score (nSPS) is 13.3. The van der Waals surface area contributed by atoms with Gasteiger partial charge in [-0.15, -0.1) is 5.10 Å². The molecule has 2 N–H and O–H groups in total. The lowest BCUT2D eigenvalue weighted by molar-refractivity contribution is 0.125. The first-order valence-electron chi connectivity index (χ1n) is 8.74. The number of hydrogen-bond acceptors (Lipinski definition) is 5. The molecule has 2 aromatic rings. The van der Waals surface area contributed by atoms with Crippen molar-refractivity contribution in [2.45, 2.75) is 64.1 Å². The largest absolute Gasteiger partial charge is 0.491 e. The monoisotopic (exact) mass is 397 g/mol. The summed E-state index contributed by atoms with van der Waals surface area (Å²) in [6.07, 6.45) is -0.618. The van der Waals surface area contributed by atoms with E-state index in [1.54, 1.807) is 0 Å². The van der Waals surface area contributed by atoms with Crippen LogP contribution < -0.4 is 4.74 Å². The van der Waals surface area contributed by atoms with Crippen LogP contribution in [0, 0.1) is 6.92 Å². The molecule has 0 spiro atoms. The highest BCUT2D eigenvalue weighted by Crippen LogP contribution is 2.32. The third-order valence-electron chi connectivity index (χ3n) is 3.92. The zero-order valence-corrected chi connectivity index (χ0v) is 17.8. The zero-order chi connectivity index (χ0) is 19.5. The molecule has 5 nitrogen and oxygen atoms in total. The number of benzene rings is 1. The van der Waals surface area contributed by atoms with Crippen LogP contribution in [-0.4, -0.2) is 38.8 Å². The number of aliphatic hydroxyl groups is 1. The highest BCUT2D eigenvalue weighted by Gasteiger charge is 2.19. The van der Waals surface area contributed by atoms with Crippen molar-refractivity contribution in [2.75, 3.05) is 12.4 Å². The predicted molar refractivity (Wildman–Crippen MR) is 108 cm³/mol. The molecule has 0 fully saturated rings. The molecule has 0 aliphatic rings. The standard InChI is InChI=1S/C19H28ClN3O2S/c1-11(2)14-8-15(20)12(3)7-16(14)25-9-13(24)10-26-18-21-17(22-23-18)19(4,5)6/h7-8,11,13,24H,9-10H2,1-6H3,(H,21,22,23). The minimum atomic E-state index is -0.618. The van der Waals surface area contributed by atoms with Gasteiger partial charge < -0.3 is 9.84 Å². The maximum atomic E-state index is 10.3. The molecule has 144 valence electrons. The Labute approximate surface area is 164 Å². The Morgan fingerprint density at radius 2 is 2.00 bits per heavy atom. The van der Waals surface area contributed by atoms with Crippen LogP contribution in [0.4, 0.5) is 0 Å². The Morgan fingerprint density at radius 1 is 1.31 bits per heavy atom. The molecule has 1 unspecified atom stereocenters. The summed E-state index contributed by atoms with van der Waals surface area (Å²) >= 11 is 7.63. The fraction of sp³-hybridized carbons (Fsp3) is 0.579. The summed E-state index contributed by atoms with van der Waals surface area (Å²) in [7, 11) is 0. The number of nitrogens with one attached hydrogen (secondary N) is 1. The van der Waals surface area contributed by atoms with Crippen LogP contribution >= 0.6 is 23.4 Å². The van der Waals surface area contributed by atoms with E-state index >= 15 is 0 Å². The summed E-state index contributed by atoms with van der Waals surface area (Å²) in [5, 5.41) is 18.8. The molecular weight excluding hydrogens is 370 g/mol. The van der Waals surface area contributed by atoms with E-state index in [0.29, 0.717) is 16.8 Å². The van der Waals surface area contributed by atoms with E-state index in [1.165, 1.54) is 11.8 Å². The number of aliphatic hydroxyl groups excluding tert-OH is 1. The van der Waals surface area contributed by atoms with E-state index in [-0.39, 0.29) is 12.0 Å². The van der Waals surface area contributed by atoms with Crippen LogP contribution in [0.5, 0.6) is 5.75 Å². The van der Waals surface area contributed by atoms with E-state index in [1.807, 2.05) is 19.1 Å². The summed E-state index contributed by atoms with van der Waals surface area (Å²) in [5.41, 5.74) is 1.93. The van der Waals surface area contributed by atoms with Crippen molar-refractivity contribution in [3.8, 4) is 5.75 Å². The number of aryl methyl sites for hydroxylation is 1. The number of thioether (sulfide) groups is 1. The summed E-state index contributed by atoms with van der Waals surface area (Å²) < 4.78 is 5.87. The topological polar surface area (TPSA) is 71.0 Å². The fourth-order valence-corrected chi connectivity index (χ4v) is 3.17. The lowest BCUT2D eigenvalue weighted by Gasteiger charge is -2.17. The van der Waals surface area contributed by atoms with Gasteiger partial charge >= 0.3 is 0 Å². The Balaban J connectivity index is 1.92. The van der Waals surface area contributed by atoms with Crippen LogP contribution in [0.15, 0.2) is 17.3 Å². The molecule has 0 amide bonds. The Hall–Kier alpha value is -1.24. The Kier molecular flexibility index (Phi) is 6.99. The second kappa shape index (κ2) is 8.63. The molecule has 26 heavy (non-hydrogen) atoms. The maximum absolute atomic E-state index is 10.3. The second-order valence-corrected chi connectivity index (χ2v) is 9.18. The van der Waals surface area contributed by atoms with E-state index in [9.17, 15) is 5.11 Å². The lowest BCUT2D eigenvalue weighted by atomic mass is 9.96. The first kappa shape index (κ1) is 21.1. The molecule has 1 atom stereocenters. The van der Waals surface area contributed by atoms with Gasteiger partial charge in [0, 0.05) is 16.2 Å². The second-order valence-electron chi connectivity index (χ2n) is 7.79. The first-order valence-corrected chi connectivity index (χ1v) is 10.1. The Bertz CT molecular complexity index is 741. The van der Waals surface area contributed by atoms with Crippen LogP contribution in [0.25, 0.3) is 0 Å². The number of nitrogens with zero attached hydrogens (tertiary/aromatic N) is 2. The van der Waals surface area contributed by atoms with Gasteiger partial charge in [0.05, 0.1) is 6.10 Å². The first-order chi connectivity index (χ1) is 12.1. The average Bonchev–Trinajstić information content (AvgIpc) is 3.02. The number of aromatic nitrogens is 3. The van der Waals surface area contributed by atoms with Crippen molar-refractivity contribution < 1.29 is 9.84 Å². The van der Waals surface area contributed by atoms with Crippen LogP contribution in [0.1, 0.15) is 57.5 Å². The van der Waals surface area contributed by atoms with Gasteiger partial charge in [0.15, 0.2) is 0 Å². The number of ether oxygens (including phenoxy) is 1. The summed E-state index contributed by atoms with van der Waals surface area (Å²) in [6, 6.07) is 3.88. The molecule has 0 aliphatic heterocycles. The quantitative estimate of drug-likeness (QED) is 0.661.